The molecule has 0 aliphatic carbocycles. The summed E-state index contributed by atoms with van der Waals surface area (Å²) in [6.45, 7) is 3.55. The van der Waals surface area contributed by atoms with Crippen LogP contribution in [0, 0.1) is 0 Å². The van der Waals surface area contributed by atoms with Crippen LogP contribution in [0.2, 0.25) is 0 Å². The van der Waals surface area contributed by atoms with Gasteiger partial charge in [0.05, 0.1) is 0 Å². The van der Waals surface area contributed by atoms with Crippen LogP contribution in [0.25, 0.3) is 0 Å². The van der Waals surface area contributed by atoms with Gasteiger partial charge in [0.1, 0.15) is 19.6 Å². The molecule has 4 rings (SSSR count). The molecule has 0 atom stereocenters. The minimum absolute atomic E-state index is 0. The minimum atomic E-state index is 0. The van der Waals surface area contributed by atoms with Crippen LogP contribution in [0.1, 0.15) is 229 Å². The average molecular weight is 1160 g/mol. The first-order valence-electron chi connectivity index (χ1n) is 25.3. The van der Waals surface area contributed by atoms with Crippen LogP contribution in [-0.2, 0) is 38.9 Å². The molecule has 60 heavy (non-hydrogen) atoms. The zero-order valence-electron chi connectivity index (χ0n) is 38.5. The van der Waals surface area contributed by atoms with E-state index in [2.05, 4.69) is 87.3 Å². The second kappa shape index (κ2) is 41.4. The van der Waals surface area contributed by atoms with Crippen molar-refractivity contribution in [2.75, 3.05) is 0 Å². The molecule has 0 fully saturated rings. The van der Waals surface area contributed by atoms with Crippen LogP contribution >= 0.6 is 0 Å². The lowest BCUT2D eigenvalue weighted by atomic mass is 10.0. The largest absolute Gasteiger partial charge is 1.00 e. The van der Waals surface area contributed by atoms with Crippen LogP contribution in [0.4, 0.5) is 0 Å². The smallest absolute Gasteiger partial charge is 0.171 e. The van der Waals surface area contributed by atoms with Crippen LogP contribution in [0.15, 0.2) is 73.6 Å². The van der Waals surface area contributed by atoms with Gasteiger partial charge in [0.2, 0.25) is 0 Å². The molecule has 0 saturated carbocycles. The highest BCUT2D eigenvalue weighted by Crippen LogP contribution is 2.16. The van der Waals surface area contributed by atoms with Crippen molar-refractivity contribution in [2.24, 2.45) is 0 Å². The Morgan fingerprint density at radius 3 is 0.633 bits per heavy atom. The summed E-state index contributed by atoms with van der Waals surface area (Å²) in [6, 6.07) is 13.9. The van der Waals surface area contributed by atoms with Crippen molar-refractivity contribution < 1.29 is 85.6 Å². The lowest BCUT2D eigenvalue weighted by molar-refractivity contribution is -0.697. The summed E-state index contributed by atoms with van der Waals surface area (Å²) < 4.78 is 7.36. The summed E-state index contributed by atoms with van der Waals surface area (Å²) in [4.78, 5) is 0. The minimum Gasteiger partial charge on any atom is -1.00 e. The SMILES string of the molecule is [I-].[I-].[I-].c1cc2c[n+](c1)CCCCCCCCCCCCCc1ccc[n+](c1)CCCCCCCCCCCCCc1ccc[n+](c1)CCCCCCCCCCCCC2. The Morgan fingerprint density at radius 2 is 0.417 bits per heavy atom. The summed E-state index contributed by atoms with van der Waals surface area (Å²) in [5.41, 5.74) is 4.60. The fourth-order valence-corrected chi connectivity index (χ4v) is 9.23. The Labute approximate surface area is 422 Å². The number of hydrogen-bond donors (Lipinski definition) is 0. The number of aryl methyl sites for hydroxylation is 6. The lowest BCUT2D eigenvalue weighted by Gasteiger charge is -2.05. The molecule has 0 amide bonds. The zero-order chi connectivity index (χ0) is 39.5. The molecule has 0 aromatic carbocycles. The van der Waals surface area contributed by atoms with Crippen molar-refractivity contribution in [3.63, 3.8) is 0 Å². The molecule has 6 bridgehead atoms. The first-order chi connectivity index (χ1) is 28.3. The first-order valence-corrected chi connectivity index (χ1v) is 25.3. The highest BCUT2D eigenvalue weighted by atomic mass is 127. The van der Waals surface area contributed by atoms with E-state index in [0.717, 1.165) is 0 Å². The van der Waals surface area contributed by atoms with Gasteiger partial charge >= 0.3 is 0 Å². The third-order valence-electron chi connectivity index (χ3n) is 12.9. The molecule has 1 aliphatic heterocycles. The first kappa shape index (κ1) is 57.7. The predicted molar refractivity (Wildman–Crippen MR) is 243 cm³/mol. The number of fused-ring (bicyclic) bond motifs is 6. The molecular weight excluding hydrogens is 1070 g/mol. The van der Waals surface area contributed by atoms with Gasteiger partial charge < -0.3 is 71.9 Å². The van der Waals surface area contributed by atoms with Crippen molar-refractivity contribution in [3.05, 3.63) is 90.3 Å². The molecule has 342 valence electrons. The summed E-state index contributed by atoms with van der Waals surface area (Å²) in [5, 5.41) is 0. The van der Waals surface area contributed by atoms with Gasteiger partial charge in [-0.3, -0.25) is 0 Å². The maximum absolute atomic E-state index is 2.45. The van der Waals surface area contributed by atoms with Crippen molar-refractivity contribution in [3.8, 4) is 0 Å². The molecule has 3 aromatic rings. The Balaban J connectivity index is 0.00000600. The van der Waals surface area contributed by atoms with Crippen molar-refractivity contribution >= 4 is 0 Å². The molecule has 3 aromatic heterocycles. The van der Waals surface area contributed by atoms with Gasteiger partial charge in [-0.05, 0) is 76.0 Å². The maximum Gasteiger partial charge on any atom is 0.171 e. The average Bonchev–Trinajstić information content (AvgIpc) is 3.23. The lowest BCUT2D eigenvalue weighted by Crippen LogP contribution is -3.00. The van der Waals surface area contributed by atoms with E-state index in [-0.39, 0.29) is 71.9 Å². The Bertz CT molecular complexity index is 1130. The van der Waals surface area contributed by atoms with Crippen molar-refractivity contribution in [1.82, 2.24) is 0 Å². The highest BCUT2D eigenvalue weighted by molar-refractivity contribution is 5.06. The maximum atomic E-state index is 2.45. The quantitative estimate of drug-likeness (QED) is 0.209. The summed E-state index contributed by atoms with van der Waals surface area (Å²) in [6.07, 6.45) is 64.1. The van der Waals surface area contributed by atoms with Crippen LogP contribution in [0.3, 0.4) is 0 Å². The monoisotopic (exact) mass is 1160 g/mol. The number of nitrogens with zero attached hydrogens (tertiary/aromatic N) is 3. The van der Waals surface area contributed by atoms with E-state index in [1.807, 2.05) is 0 Å². The molecule has 1 aliphatic rings. The van der Waals surface area contributed by atoms with E-state index in [0.29, 0.717) is 0 Å². The third-order valence-corrected chi connectivity index (χ3v) is 12.9. The molecule has 0 saturated heterocycles. The van der Waals surface area contributed by atoms with E-state index in [4.69, 9.17) is 0 Å². The topological polar surface area (TPSA) is 11.6 Å². The summed E-state index contributed by atoms with van der Waals surface area (Å²) in [5.74, 6) is 0. The van der Waals surface area contributed by atoms with Crippen molar-refractivity contribution in [2.45, 2.75) is 251 Å². The van der Waals surface area contributed by atoms with E-state index in [1.165, 1.54) is 267 Å². The molecule has 0 N–H and O–H groups in total. The van der Waals surface area contributed by atoms with Gasteiger partial charge in [-0.25, -0.2) is 13.7 Å². The van der Waals surface area contributed by atoms with E-state index in [9.17, 15) is 0 Å². The second-order valence-electron chi connectivity index (χ2n) is 18.3. The number of rotatable bonds is 0. The van der Waals surface area contributed by atoms with E-state index in [1.54, 1.807) is 0 Å². The van der Waals surface area contributed by atoms with E-state index >= 15 is 0 Å². The van der Waals surface area contributed by atoms with Crippen molar-refractivity contribution in [1.29, 1.82) is 0 Å². The Hall–Kier alpha value is -0.360. The highest BCUT2D eigenvalue weighted by Gasteiger charge is 2.07. The van der Waals surface area contributed by atoms with Gasteiger partial charge in [-0.1, -0.05) is 154 Å². The van der Waals surface area contributed by atoms with Crippen LogP contribution in [0.5, 0.6) is 0 Å². The van der Waals surface area contributed by atoms with Crippen LogP contribution < -0.4 is 85.6 Å². The summed E-state index contributed by atoms with van der Waals surface area (Å²) in [7, 11) is 0. The predicted octanol–water partition coefficient (Wildman–Crippen LogP) is 5.48. The zero-order valence-corrected chi connectivity index (χ0v) is 45.0. The Kier molecular flexibility index (Phi) is 39.7. The number of hydrogen-bond acceptors (Lipinski definition) is 0. The second-order valence-corrected chi connectivity index (χ2v) is 18.3. The van der Waals surface area contributed by atoms with Crippen LogP contribution in [-0.4, -0.2) is 0 Å². The van der Waals surface area contributed by atoms with Gasteiger partial charge in [0.15, 0.2) is 37.2 Å². The summed E-state index contributed by atoms with van der Waals surface area (Å²) >= 11 is 0. The molecule has 0 radical (unpaired) electrons. The molecule has 0 unspecified atom stereocenters. The molecular formula is C54H90I3N3. The molecule has 4 heterocycles. The fourth-order valence-electron chi connectivity index (χ4n) is 9.23. The molecule has 0 spiro atoms. The van der Waals surface area contributed by atoms with Gasteiger partial charge in [-0.15, -0.1) is 0 Å². The Morgan fingerprint density at radius 1 is 0.233 bits per heavy atom. The number of halogens is 3. The number of aromatic nitrogens is 3. The van der Waals surface area contributed by atoms with Gasteiger partial charge in [0.25, 0.3) is 0 Å². The van der Waals surface area contributed by atoms with Gasteiger partial charge in [0, 0.05) is 54.2 Å². The molecule has 6 heteroatoms. The van der Waals surface area contributed by atoms with Gasteiger partial charge in [-0.2, -0.15) is 0 Å². The molecule has 3 nitrogen and oxygen atoms in total. The fraction of sp³-hybridized carbons (Fsp3) is 0.722. The standard InChI is InChI=1S/C54H90N3.3HI/c1-4-10-16-22-28-37-52-40-34-47-56(49-52)44-32-26-20-14-8-3-6-12-18-24-30-39-54-42-36-48-57(51-54)45-33-27-21-15-9-2-5-11-17-23-29-38-53-41-35-46-55(50-53)43-31-25-19-13-7-1;;;/h34-36,40-42,46-51H,1-33,37-39,43-45H2;3*1H/q+3;;;/p-3. The normalized spacial score (nSPS) is 19.0. The third kappa shape index (κ3) is 30.7. The van der Waals surface area contributed by atoms with E-state index < -0.39 is 0 Å². The number of pyridine rings is 3.